The summed E-state index contributed by atoms with van der Waals surface area (Å²) in [6.45, 7) is 2.83. The molecule has 1 amide bonds. The maximum absolute atomic E-state index is 12.3. The molecule has 6 heteroatoms. The summed E-state index contributed by atoms with van der Waals surface area (Å²) >= 11 is 0. The van der Waals surface area contributed by atoms with Gasteiger partial charge in [0, 0.05) is 12.1 Å². The first-order valence-electron chi connectivity index (χ1n) is 7.83. The zero-order chi connectivity index (χ0) is 18.4. The molecular formula is C19H20F3NO2. The smallest absolute Gasteiger partial charge is 0.367 e. The fraction of sp³-hybridized carbons (Fsp3) is 0.316. The first kappa shape index (κ1) is 19.0. The monoisotopic (exact) mass is 351 g/mol. The molecule has 2 rings (SSSR count). The van der Waals surface area contributed by atoms with Crippen molar-refractivity contribution >= 4 is 5.91 Å². The highest BCUT2D eigenvalue weighted by atomic mass is 19.4. The first-order chi connectivity index (χ1) is 11.8. The van der Waals surface area contributed by atoms with Crippen molar-refractivity contribution in [3.05, 3.63) is 70.3 Å². The Morgan fingerprint density at radius 3 is 2.32 bits per heavy atom. The maximum atomic E-state index is 12.3. The predicted molar refractivity (Wildman–Crippen MR) is 89.2 cm³/mol. The summed E-state index contributed by atoms with van der Waals surface area (Å²) < 4.78 is 40.7. The number of halogens is 3. The van der Waals surface area contributed by atoms with Gasteiger partial charge in [0.15, 0.2) is 0 Å². The molecule has 0 bridgehead atoms. The molecular weight excluding hydrogens is 331 g/mol. The van der Waals surface area contributed by atoms with Crippen molar-refractivity contribution in [3.63, 3.8) is 0 Å². The van der Waals surface area contributed by atoms with Gasteiger partial charge in [-0.2, -0.15) is 13.2 Å². The molecule has 134 valence electrons. The Morgan fingerprint density at radius 1 is 1.04 bits per heavy atom. The van der Waals surface area contributed by atoms with Crippen molar-refractivity contribution < 1.29 is 22.7 Å². The van der Waals surface area contributed by atoms with E-state index in [1.807, 2.05) is 26.0 Å². The van der Waals surface area contributed by atoms with E-state index in [2.05, 4.69) is 10.1 Å². The quantitative estimate of drug-likeness (QED) is 0.842. The lowest BCUT2D eigenvalue weighted by molar-refractivity contribution is -0.176. The first-order valence-corrected chi connectivity index (χ1v) is 7.83. The third kappa shape index (κ3) is 5.90. The minimum atomic E-state index is -4.32. The second-order valence-electron chi connectivity index (χ2n) is 5.85. The lowest BCUT2D eigenvalue weighted by atomic mass is 10.0. The molecule has 0 heterocycles. The minimum absolute atomic E-state index is 0.103. The number of rotatable bonds is 6. The summed E-state index contributed by atoms with van der Waals surface area (Å²) in [5.74, 6) is -0.154. The van der Waals surface area contributed by atoms with Crippen LogP contribution in [0.5, 0.6) is 0 Å². The average Bonchev–Trinajstić information content (AvgIpc) is 2.55. The molecule has 0 saturated heterocycles. The lowest BCUT2D eigenvalue weighted by Gasteiger charge is -2.10. The average molecular weight is 351 g/mol. The number of benzene rings is 2. The van der Waals surface area contributed by atoms with Crippen LogP contribution >= 0.6 is 0 Å². The van der Waals surface area contributed by atoms with Crippen molar-refractivity contribution in [2.45, 2.75) is 33.2 Å². The molecule has 0 unspecified atom stereocenters. The number of carbonyl (C=O) groups is 1. The summed E-state index contributed by atoms with van der Waals surface area (Å²) in [6.07, 6.45) is -4.32. The molecule has 2 aromatic carbocycles. The normalized spacial score (nSPS) is 11.4. The van der Waals surface area contributed by atoms with Crippen LogP contribution < -0.4 is 5.32 Å². The van der Waals surface area contributed by atoms with Gasteiger partial charge in [-0.25, -0.2) is 0 Å². The largest absolute Gasteiger partial charge is 0.411 e. The van der Waals surface area contributed by atoms with Gasteiger partial charge < -0.3 is 10.1 Å². The van der Waals surface area contributed by atoms with E-state index in [4.69, 9.17) is 0 Å². The third-order valence-electron chi connectivity index (χ3n) is 3.86. The number of hydrogen-bond acceptors (Lipinski definition) is 2. The van der Waals surface area contributed by atoms with Crippen LogP contribution in [0.2, 0.25) is 0 Å². The second-order valence-corrected chi connectivity index (χ2v) is 5.85. The van der Waals surface area contributed by atoms with E-state index in [0.717, 1.165) is 16.7 Å². The van der Waals surface area contributed by atoms with Crippen LogP contribution in [0.1, 0.15) is 32.6 Å². The zero-order valence-corrected chi connectivity index (χ0v) is 14.1. The van der Waals surface area contributed by atoms with Gasteiger partial charge in [-0.15, -0.1) is 0 Å². The van der Waals surface area contributed by atoms with Crippen LogP contribution in [0, 0.1) is 13.8 Å². The fourth-order valence-corrected chi connectivity index (χ4v) is 2.31. The van der Waals surface area contributed by atoms with Crippen LogP contribution in [0.25, 0.3) is 0 Å². The topological polar surface area (TPSA) is 38.3 Å². The Morgan fingerprint density at radius 2 is 1.68 bits per heavy atom. The van der Waals surface area contributed by atoms with E-state index < -0.39 is 12.8 Å². The van der Waals surface area contributed by atoms with E-state index >= 15 is 0 Å². The lowest BCUT2D eigenvalue weighted by Crippen LogP contribution is -2.23. The van der Waals surface area contributed by atoms with E-state index in [9.17, 15) is 18.0 Å². The van der Waals surface area contributed by atoms with Crippen molar-refractivity contribution in [2.24, 2.45) is 0 Å². The van der Waals surface area contributed by atoms with Gasteiger partial charge in [-0.1, -0.05) is 36.4 Å². The van der Waals surface area contributed by atoms with Gasteiger partial charge in [0.1, 0.15) is 6.61 Å². The second kappa shape index (κ2) is 8.16. The Balaban J connectivity index is 1.87. The highest BCUT2D eigenvalue weighted by Crippen LogP contribution is 2.16. The molecule has 0 aliphatic carbocycles. The van der Waals surface area contributed by atoms with Gasteiger partial charge in [-0.3, -0.25) is 4.79 Å². The van der Waals surface area contributed by atoms with Gasteiger partial charge in [-0.05, 0) is 42.2 Å². The zero-order valence-electron chi connectivity index (χ0n) is 14.1. The number of ether oxygens (including phenoxy) is 1. The highest BCUT2D eigenvalue weighted by molar-refractivity contribution is 5.95. The number of amides is 1. The summed E-state index contributed by atoms with van der Waals surface area (Å²) in [6, 6.07) is 12.5. The van der Waals surface area contributed by atoms with Crippen LogP contribution in [0.15, 0.2) is 42.5 Å². The Bertz CT molecular complexity index is 724. The SMILES string of the molecule is Cc1cccc(C(=O)NCc2ccc(COCC(F)(F)F)cc2)c1C. The number of aryl methyl sites for hydroxylation is 1. The highest BCUT2D eigenvalue weighted by Gasteiger charge is 2.27. The van der Waals surface area contributed by atoms with E-state index in [-0.39, 0.29) is 12.5 Å². The van der Waals surface area contributed by atoms with Gasteiger partial charge in [0.25, 0.3) is 5.91 Å². The van der Waals surface area contributed by atoms with Crippen LogP contribution in [-0.2, 0) is 17.9 Å². The molecule has 0 spiro atoms. The summed E-state index contributed by atoms with van der Waals surface area (Å²) in [5.41, 5.74) is 4.14. The summed E-state index contributed by atoms with van der Waals surface area (Å²) in [7, 11) is 0. The molecule has 0 fully saturated rings. The van der Waals surface area contributed by atoms with Gasteiger partial charge in [0.2, 0.25) is 0 Å². The molecule has 0 aliphatic rings. The molecule has 0 saturated carbocycles. The van der Waals surface area contributed by atoms with Crippen molar-refractivity contribution in [1.82, 2.24) is 5.32 Å². The molecule has 1 N–H and O–H groups in total. The maximum Gasteiger partial charge on any atom is 0.411 e. The van der Waals surface area contributed by atoms with Gasteiger partial charge in [0.05, 0.1) is 6.61 Å². The summed E-state index contributed by atoms with van der Waals surface area (Å²) in [4.78, 5) is 12.3. The van der Waals surface area contributed by atoms with E-state index in [1.165, 1.54) is 0 Å². The Kier molecular flexibility index (Phi) is 6.20. The number of hydrogen-bond donors (Lipinski definition) is 1. The van der Waals surface area contributed by atoms with E-state index in [0.29, 0.717) is 17.7 Å². The van der Waals surface area contributed by atoms with Crippen LogP contribution in [0.3, 0.4) is 0 Å². The minimum Gasteiger partial charge on any atom is -0.367 e. The standard InChI is InChI=1S/C19H20F3NO2/c1-13-4-3-5-17(14(13)2)18(24)23-10-15-6-8-16(9-7-15)11-25-12-19(20,21)22/h3-9H,10-12H2,1-2H3,(H,23,24). The Hall–Kier alpha value is -2.34. The van der Waals surface area contributed by atoms with Crippen molar-refractivity contribution in [1.29, 1.82) is 0 Å². The van der Waals surface area contributed by atoms with E-state index in [1.54, 1.807) is 30.3 Å². The van der Waals surface area contributed by atoms with Gasteiger partial charge >= 0.3 is 6.18 Å². The van der Waals surface area contributed by atoms with Crippen LogP contribution in [-0.4, -0.2) is 18.7 Å². The van der Waals surface area contributed by atoms with Crippen LogP contribution in [0.4, 0.5) is 13.2 Å². The third-order valence-corrected chi connectivity index (χ3v) is 3.86. The number of alkyl halides is 3. The number of carbonyl (C=O) groups excluding carboxylic acids is 1. The molecule has 0 radical (unpaired) electrons. The molecule has 3 nitrogen and oxygen atoms in total. The molecule has 0 aromatic heterocycles. The molecule has 25 heavy (non-hydrogen) atoms. The van der Waals surface area contributed by atoms with Crippen molar-refractivity contribution in [2.75, 3.05) is 6.61 Å². The fourth-order valence-electron chi connectivity index (χ4n) is 2.31. The summed E-state index contributed by atoms with van der Waals surface area (Å²) in [5, 5.41) is 2.85. The Labute approximate surface area is 144 Å². The number of nitrogens with one attached hydrogen (secondary N) is 1. The molecule has 0 aliphatic heterocycles. The molecule has 0 atom stereocenters. The predicted octanol–water partition coefficient (Wildman–Crippen LogP) is 4.31. The van der Waals surface area contributed by atoms with Crippen molar-refractivity contribution in [3.8, 4) is 0 Å². The molecule has 2 aromatic rings.